The SMILES string of the molecule is CC1=C(CNCc2cccc(C(F)(F)F)c2F)C=CCN1c1cccs1. The third-order valence-corrected chi connectivity index (χ3v) is 5.15. The number of halogens is 4. The Morgan fingerprint density at radius 3 is 2.65 bits per heavy atom. The summed E-state index contributed by atoms with van der Waals surface area (Å²) in [6, 6.07) is 7.38. The third kappa shape index (κ3) is 3.99. The first-order valence-corrected chi connectivity index (χ1v) is 8.98. The average molecular weight is 382 g/mol. The number of anilines is 1. The van der Waals surface area contributed by atoms with Gasteiger partial charge >= 0.3 is 6.18 Å². The van der Waals surface area contributed by atoms with Crippen molar-refractivity contribution in [2.75, 3.05) is 18.0 Å². The Hall–Kier alpha value is -2.12. The zero-order chi connectivity index (χ0) is 18.7. The molecule has 0 radical (unpaired) electrons. The first-order valence-electron chi connectivity index (χ1n) is 8.10. The summed E-state index contributed by atoms with van der Waals surface area (Å²) in [7, 11) is 0. The van der Waals surface area contributed by atoms with Crippen LogP contribution >= 0.6 is 11.3 Å². The molecular formula is C19H18F4N2S. The van der Waals surface area contributed by atoms with Crippen LogP contribution in [0, 0.1) is 5.82 Å². The van der Waals surface area contributed by atoms with E-state index in [1.807, 2.05) is 36.6 Å². The quantitative estimate of drug-likeness (QED) is 0.702. The monoisotopic (exact) mass is 382 g/mol. The van der Waals surface area contributed by atoms with E-state index in [2.05, 4.69) is 10.2 Å². The smallest absolute Gasteiger partial charge is 0.333 e. The highest BCUT2D eigenvalue weighted by Crippen LogP contribution is 2.32. The number of rotatable bonds is 5. The van der Waals surface area contributed by atoms with E-state index in [0.29, 0.717) is 6.54 Å². The highest BCUT2D eigenvalue weighted by Gasteiger charge is 2.34. The van der Waals surface area contributed by atoms with Crippen molar-refractivity contribution in [3.05, 3.63) is 76.1 Å². The number of nitrogens with zero attached hydrogens (tertiary/aromatic N) is 1. The van der Waals surface area contributed by atoms with Crippen molar-refractivity contribution >= 4 is 16.3 Å². The molecule has 1 aliphatic rings. The van der Waals surface area contributed by atoms with Crippen LogP contribution in [0.25, 0.3) is 0 Å². The molecule has 1 aliphatic heterocycles. The summed E-state index contributed by atoms with van der Waals surface area (Å²) in [4.78, 5) is 2.17. The Bertz CT molecular complexity index is 823. The maximum Gasteiger partial charge on any atom is 0.419 e. The van der Waals surface area contributed by atoms with Gasteiger partial charge in [0.25, 0.3) is 0 Å². The van der Waals surface area contributed by atoms with E-state index in [0.717, 1.165) is 28.9 Å². The lowest BCUT2D eigenvalue weighted by atomic mass is 10.1. The van der Waals surface area contributed by atoms with Crippen LogP contribution in [0.1, 0.15) is 18.1 Å². The fraction of sp³-hybridized carbons (Fsp3) is 0.263. The zero-order valence-electron chi connectivity index (χ0n) is 14.1. The largest absolute Gasteiger partial charge is 0.419 e. The molecule has 0 amide bonds. The third-order valence-electron chi connectivity index (χ3n) is 4.26. The lowest BCUT2D eigenvalue weighted by Gasteiger charge is -2.28. The summed E-state index contributed by atoms with van der Waals surface area (Å²) >= 11 is 1.64. The van der Waals surface area contributed by atoms with Crippen LogP contribution in [0.15, 0.2) is 59.1 Å². The Kier molecular flexibility index (Phi) is 5.48. The number of nitrogens with one attached hydrogen (secondary N) is 1. The number of alkyl halides is 3. The summed E-state index contributed by atoms with van der Waals surface area (Å²) in [5, 5.41) is 6.19. The van der Waals surface area contributed by atoms with Crippen molar-refractivity contribution in [2.45, 2.75) is 19.6 Å². The van der Waals surface area contributed by atoms with Crippen LogP contribution in [0.4, 0.5) is 22.6 Å². The molecule has 138 valence electrons. The lowest BCUT2D eigenvalue weighted by Crippen LogP contribution is -2.27. The van der Waals surface area contributed by atoms with Crippen molar-refractivity contribution in [2.24, 2.45) is 0 Å². The molecule has 0 aliphatic carbocycles. The van der Waals surface area contributed by atoms with E-state index in [1.165, 1.54) is 12.1 Å². The Labute approximate surface area is 153 Å². The fourth-order valence-corrected chi connectivity index (χ4v) is 3.66. The van der Waals surface area contributed by atoms with Crippen LogP contribution in [0.5, 0.6) is 0 Å². The van der Waals surface area contributed by atoms with E-state index in [-0.39, 0.29) is 12.1 Å². The molecule has 2 nitrogen and oxygen atoms in total. The molecule has 0 unspecified atom stereocenters. The van der Waals surface area contributed by atoms with Gasteiger partial charge in [0.2, 0.25) is 0 Å². The van der Waals surface area contributed by atoms with E-state index in [1.54, 1.807) is 11.3 Å². The topological polar surface area (TPSA) is 15.3 Å². The van der Waals surface area contributed by atoms with Gasteiger partial charge in [0, 0.05) is 30.9 Å². The lowest BCUT2D eigenvalue weighted by molar-refractivity contribution is -0.140. The van der Waals surface area contributed by atoms with Gasteiger partial charge in [-0.1, -0.05) is 24.3 Å². The molecule has 0 bridgehead atoms. The molecule has 2 aromatic rings. The zero-order valence-corrected chi connectivity index (χ0v) is 14.9. The molecule has 1 N–H and O–H groups in total. The van der Waals surface area contributed by atoms with Crippen molar-refractivity contribution in [3.63, 3.8) is 0 Å². The van der Waals surface area contributed by atoms with E-state index in [9.17, 15) is 17.6 Å². The minimum Gasteiger partial charge on any atom is -0.333 e. The summed E-state index contributed by atoms with van der Waals surface area (Å²) in [6.45, 7) is 3.25. The molecule has 0 saturated heterocycles. The Morgan fingerprint density at radius 1 is 1.15 bits per heavy atom. The van der Waals surface area contributed by atoms with E-state index >= 15 is 0 Å². The van der Waals surface area contributed by atoms with Gasteiger partial charge in [0.05, 0.1) is 10.6 Å². The second kappa shape index (κ2) is 7.63. The molecule has 0 fully saturated rings. The van der Waals surface area contributed by atoms with Crippen LogP contribution in [0.3, 0.4) is 0 Å². The van der Waals surface area contributed by atoms with Gasteiger partial charge in [0.1, 0.15) is 5.82 Å². The number of allylic oxidation sites excluding steroid dienone is 1. The molecule has 0 spiro atoms. The Morgan fingerprint density at radius 2 is 1.96 bits per heavy atom. The van der Waals surface area contributed by atoms with Gasteiger partial charge in [-0.3, -0.25) is 0 Å². The molecule has 3 rings (SSSR count). The van der Waals surface area contributed by atoms with Crippen LogP contribution in [-0.2, 0) is 12.7 Å². The van der Waals surface area contributed by atoms with Gasteiger partial charge in [-0.2, -0.15) is 13.2 Å². The normalized spacial score (nSPS) is 15.0. The molecule has 1 aromatic carbocycles. The second-order valence-electron chi connectivity index (χ2n) is 5.95. The van der Waals surface area contributed by atoms with E-state index < -0.39 is 17.6 Å². The molecule has 1 aromatic heterocycles. The summed E-state index contributed by atoms with van der Waals surface area (Å²) in [5.74, 6) is -1.21. The van der Waals surface area contributed by atoms with Crippen molar-refractivity contribution in [3.8, 4) is 0 Å². The molecular weight excluding hydrogens is 364 g/mol. The van der Waals surface area contributed by atoms with Crippen LogP contribution < -0.4 is 10.2 Å². The standard InChI is InChI=1S/C19H18F4N2S/c1-13-14(6-3-9-25(13)17-8-4-10-26-17)11-24-12-15-5-2-7-16(18(15)20)19(21,22)23/h2-8,10,24H,9,11-12H2,1H3. The van der Waals surface area contributed by atoms with Gasteiger partial charge in [-0.05, 0) is 36.1 Å². The first kappa shape index (κ1) is 18.7. The highest BCUT2D eigenvalue weighted by atomic mass is 32.1. The van der Waals surface area contributed by atoms with Gasteiger partial charge in [-0.15, -0.1) is 11.3 Å². The maximum absolute atomic E-state index is 14.1. The minimum absolute atomic E-state index is 0.00739. The summed E-state index contributed by atoms with van der Waals surface area (Å²) < 4.78 is 52.4. The number of hydrogen-bond acceptors (Lipinski definition) is 3. The highest BCUT2D eigenvalue weighted by molar-refractivity contribution is 7.14. The van der Waals surface area contributed by atoms with Crippen molar-refractivity contribution in [1.82, 2.24) is 5.32 Å². The predicted octanol–water partition coefficient (Wildman–Crippen LogP) is 5.35. The summed E-state index contributed by atoms with van der Waals surface area (Å²) in [5.41, 5.74) is 0.880. The van der Waals surface area contributed by atoms with Crippen molar-refractivity contribution < 1.29 is 17.6 Å². The maximum atomic E-state index is 14.1. The van der Waals surface area contributed by atoms with Gasteiger partial charge in [0.15, 0.2) is 0 Å². The van der Waals surface area contributed by atoms with Crippen molar-refractivity contribution in [1.29, 1.82) is 0 Å². The Balaban J connectivity index is 1.68. The molecule has 0 atom stereocenters. The molecule has 7 heteroatoms. The molecule has 0 saturated carbocycles. The van der Waals surface area contributed by atoms with Gasteiger partial charge < -0.3 is 10.2 Å². The number of hydrogen-bond donors (Lipinski definition) is 1. The van der Waals surface area contributed by atoms with Gasteiger partial charge in [-0.25, -0.2) is 4.39 Å². The molecule has 2 heterocycles. The predicted molar refractivity (Wildman–Crippen MR) is 96.6 cm³/mol. The van der Waals surface area contributed by atoms with Crippen LogP contribution in [-0.4, -0.2) is 13.1 Å². The first-order chi connectivity index (χ1) is 12.4. The number of thiophene rings is 1. The fourth-order valence-electron chi connectivity index (χ4n) is 2.86. The molecule has 26 heavy (non-hydrogen) atoms. The summed E-state index contributed by atoms with van der Waals surface area (Å²) in [6.07, 6.45) is -0.657. The van der Waals surface area contributed by atoms with E-state index in [4.69, 9.17) is 0 Å². The average Bonchev–Trinajstić information content (AvgIpc) is 3.11. The number of benzene rings is 1. The second-order valence-corrected chi connectivity index (χ2v) is 6.88. The minimum atomic E-state index is -4.69. The van der Waals surface area contributed by atoms with Crippen LogP contribution in [0.2, 0.25) is 0 Å².